The number of rotatable bonds is 3. The molecule has 8 heteroatoms. The van der Waals surface area contributed by atoms with Crippen LogP contribution in [0.5, 0.6) is 0 Å². The molecule has 0 radical (unpaired) electrons. The molecule has 0 saturated heterocycles. The van der Waals surface area contributed by atoms with E-state index in [9.17, 15) is 17.6 Å². The second-order valence-corrected chi connectivity index (χ2v) is 5.42. The lowest BCUT2D eigenvalue weighted by atomic mass is 10.3. The molecule has 0 fully saturated rings. The van der Waals surface area contributed by atoms with Gasteiger partial charge in [0.15, 0.2) is 0 Å². The number of aryl methyl sites for hydroxylation is 1. The predicted molar refractivity (Wildman–Crippen MR) is 69.6 cm³/mol. The average molecular weight is 329 g/mol. The Bertz CT molecular complexity index is 634. The quantitative estimate of drug-likeness (QED) is 0.567. The minimum absolute atomic E-state index is 0.133. The van der Waals surface area contributed by atoms with Crippen molar-refractivity contribution in [1.29, 1.82) is 0 Å². The summed E-state index contributed by atoms with van der Waals surface area (Å²) in [7, 11) is 0. The molecule has 0 spiro atoms. The summed E-state index contributed by atoms with van der Waals surface area (Å²) < 4.78 is 51.8. The normalized spacial score (nSPS) is 13.9. The molecule has 0 aliphatic heterocycles. The van der Waals surface area contributed by atoms with Crippen LogP contribution < -0.4 is 0 Å². The van der Waals surface area contributed by atoms with Crippen LogP contribution in [-0.2, 0) is 6.54 Å². The van der Waals surface area contributed by atoms with E-state index in [0.717, 1.165) is 6.07 Å². The third kappa shape index (κ3) is 3.17. The lowest BCUT2D eigenvalue weighted by Gasteiger charge is -2.12. The van der Waals surface area contributed by atoms with E-state index in [-0.39, 0.29) is 22.9 Å². The Morgan fingerprint density at radius 3 is 2.55 bits per heavy atom. The molecule has 0 N–H and O–H groups in total. The van der Waals surface area contributed by atoms with Gasteiger partial charge in [0.2, 0.25) is 0 Å². The molecular weight excluding hydrogens is 319 g/mol. The SMILES string of the molecule is CC(Cl)c1nc2cc(Cl)c(F)cc2n1CCC(F)(F)F. The third-order valence-corrected chi connectivity index (χ3v) is 3.28. The Balaban J connectivity index is 2.53. The van der Waals surface area contributed by atoms with Crippen LogP contribution in [-0.4, -0.2) is 15.7 Å². The topological polar surface area (TPSA) is 17.8 Å². The van der Waals surface area contributed by atoms with Gasteiger partial charge in [-0.25, -0.2) is 9.37 Å². The van der Waals surface area contributed by atoms with Crippen molar-refractivity contribution in [3.8, 4) is 0 Å². The number of benzene rings is 1. The monoisotopic (exact) mass is 328 g/mol. The highest BCUT2D eigenvalue weighted by molar-refractivity contribution is 6.31. The van der Waals surface area contributed by atoms with E-state index in [2.05, 4.69) is 4.98 Å². The molecule has 0 saturated carbocycles. The van der Waals surface area contributed by atoms with Gasteiger partial charge in [-0.3, -0.25) is 0 Å². The Labute approximate surface area is 122 Å². The first-order chi connectivity index (χ1) is 9.19. The maximum Gasteiger partial charge on any atom is 0.390 e. The summed E-state index contributed by atoms with van der Waals surface area (Å²) in [5, 5.41) is -0.732. The number of imidazole rings is 1. The van der Waals surface area contributed by atoms with Crippen molar-refractivity contribution in [2.75, 3.05) is 0 Å². The van der Waals surface area contributed by atoms with Crippen LogP contribution in [0.1, 0.15) is 24.5 Å². The maximum atomic E-state index is 13.5. The van der Waals surface area contributed by atoms with Crippen LogP contribution in [0.2, 0.25) is 5.02 Å². The molecule has 0 aliphatic rings. The van der Waals surface area contributed by atoms with Gasteiger partial charge in [-0.2, -0.15) is 13.2 Å². The van der Waals surface area contributed by atoms with Crippen LogP contribution in [0.25, 0.3) is 11.0 Å². The average Bonchev–Trinajstić information content (AvgIpc) is 2.64. The molecule has 1 aromatic heterocycles. The molecule has 2 aromatic rings. The van der Waals surface area contributed by atoms with E-state index in [1.807, 2.05) is 0 Å². The molecule has 20 heavy (non-hydrogen) atoms. The zero-order chi connectivity index (χ0) is 15.1. The van der Waals surface area contributed by atoms with Crippen molar-refractivity contribution in [1.82, 2.24) is 9.55 Å². The first kappa shape index (κ1) is 15.4. The fourth-order valence-electron chi connectivity index (χ4n) is 1.92. The second kappa shape index (κ2) is 5.41. The van der Waals surface area contributed by atoms with Crippen LogP contribution >= 0.6 is 23.2 Å². The Hall–Kier alpha value is -1.01. The standard InChI is InChI=1S/C12H10Cl2F4N2/c1-6(13)11-19-9-4-7(14)8(15)5-10(9)20(11)3-2-12(16,17)18/h4-6H,2-3H2,1H3. The third-order valence-electron chi connectivity index (χ3n) is 2.79. The van der Waals surface area contributed by atoms with Gasteiger partial charge in [0.1, 0.15) is 11.6 Å². The van der Waals surface area contributed by atoms with Gasteiger partial charge in [-0.15, -0.1) is 11.6 Å². The van der Waals surface area contributed by atoms with Gasteiger partial charge >= 0.3 is 6.18 Å². The number of hydrogen-bond donors (Lipinski definition) is 0. The molecule has 0 bridgehead atoms. The summed E-state index contributed by atoms with van der Waals surface area (Å²) in [6, 6.07) is 2.35. The maximum absolute atomic E-state index is 13.5. The van der Waals surface area contributed by atoms with Gasteiger partial charge in [-0.1, -0.05) is 11.6 Å². The van der Waals surface area contributed by atoms with E-state index >= 15 is 0 Å². The summed E-state index contributed by atoms with van der Waals surface area (Å²) in [4.78, 5) is 4.13. The Kier molecular flexibility index (Phi) is 4.16. The van der Waals surface area contributed by atoms with Crippen molar-refractivity contribution in [2.24, 2.45) is 0 Å². The summed E-state index contributed by atoms with van der Waals surface area (Å²) in [6.07, 6.45) is -5.35. The smallest absolute Gasteiger partial charge is 0.326 e. The number of halogens is 6. The molecule has 110 valence electrons. The summed E-state index contributed by atoms with van der Waals surface area (Å²) in [5.41, 5.74) is 0.569. The minimum atomic E-state index is -4.31. The van der Waals surface area contributed by atoms with Crippen molar-refractivity contribution in [3.05, 3.63) is 28.8 Å². The van der Waals surface area contributed by atoms with E-state index in [1.54, 1.807) is 6.92 Å². The molecular formula is C12H10Cl2F4N2. The van der Waals surface area contributed by atoms with Crippen LogP contribution in [0.3, 0.4) is 0 Å². The predicted octanol–water partition coefficient (Wildman–Crippen LogP) is 5.08. The first-order valence-electron chi connectivity index (χ1n) is 5.75. The van der Waals surface area contributed by atoms with Gasteiger partial charge in [0.25, 0.3) is 0 Å². The zero-order valence-corrected chi connectivity index (χ0v) is 11.8. The van der Waals surface area contributed by atoms with Crippen LogP contribution in [0, 0.1) is 5.82 Å². The largest absolute Gasteiger partial charge is 0.390 e. The van der Waals surface area contributed by atoms with Crippen LogP contribution in [0.4, 0.5) is 17.6 Å². The Morgan fingerprint density at radius 1 is 1.35 bits per heavy atom. The van der Waals surface area contributed by atoms with Gasteiger partial charge in [-0.05, 0) is 13.0 Å². The summed E-state index contributed by atoms with van der Waals surface area (Å²) >= 11 is 11.6. The highest BCUT2D eigenvalue weighted by Gasteiger charge is 2.28. The fourth-order valence-corrected chi connectivity index (χ4v) is 2.24. The highest BCUT2D eigenvalue weighted by Crippen LogP contribution is 2.30. The molecule has 1 aromatic carbocycles. The Morgan fingerprint density at radius 2 is 2.00 bits per heavy atom. The number of alkyl halides is 4. The second-order valence-electron chi connectivity index (χ2n) is 4.36. The van der Waals surface area contributed by atoms with E-state index in [1.165, 1.54) is 10.6 Å². The molecule has 0 aliphatic carbocycles. The lowest BCUT2D eigenvalue weighted by Crippen LogP contribution is -2.14. The van der Waals surface area contributed by atoms with Gasteiger partial charge < -0.3 is 4.57 Å². The summed E-state index contributed by atoms with van der Waals surface area (Å²) in [5.74, 6) is -0.450. The van der Waals surface area contributed by atoms with Crippen LogP contribution in [0.15, 0.2) is 12.1 Å². The highest BCUT2D eigenvalue weighted by atomic mass is 35.5. The minimum Gasteiger partial charge on any atom is -0.326 e. The van der Waals surface area contributed by atoms with E-state index < -0.39 is 23.8 Å². The number of aromatic nitrogens is 2. The van der Waals surface area contributed by atoms with Crippen molar-refractivity contribution < 1.29 is 17.6 Å². The zero-order valence-electron chi connectivity index (χ0n) is 10.3. The van der Waals surface area contributed by atoms with Crippen molar-refractivity contribution >= 4 is 34.2 Å². The number of fused-ring (bicyclic) bond motifs is 1. The molecule has 1 unspecified atom stereocenters. The number of hydrogen-bond acceptors (Lipinski definition) is 1. The molecule has 2 nitrogen and oxygen atoms in total. The van der Waals surface area contributed by atoms with Crippen molar-refractivity contribution in [2.45, 2.75) is 31.4 Å². The van der Waals surface area contributed by atoms with Gasteiger partial charge in [0.05, 0.1) is 27.9 Å². The van der Waals surface area contributed by atoms with E-state index in [0.29, 0.717) is 5.52 Å². The molecule has 1 heterocycles. The molecule has 2 rings (SSSR count). The molecule has 0 amide bonds. The fraction of sp³-hybridized carbons (Fsp3) is 0.417. The van der Waals surface area contributed by atoms with Gasteiger partial charge in [0, 0.05) is 12.6 Å². The lowest BCUT2D eigenvalue weighted by molar-refractivity contribution is -0.136. The first-order valence-corrected chi connectivity index (χ1v) is 6.56. The van der Waals surface area contributed by atoms with Crippen molar-refractivity contribution in [3.63, 3.8) is 0 Å². The van der Waals surface area contributed by atoms with E-state index in [4.69, 9.17) is 23.2 Å². The number of nitrogens with zero attached hydrogens (tertiary/aromatic N) is 2. The summed E-state index contributed by atoms with van der Waals surface area (Å²) in [6.45, 7) is 1.22. The molecule has 1 atom stereocenters.